The fourth-order valence-corrected chi connectivity index (χ4v) is 5.06. The maximum atomic E-state index is 10.4. The van der Waals surface area contributed by atoms with Crippen LogP contribution in [0.5, 0.6) is 5.75 Å². The van der Waals surface area contributed by atoms with Crippen molar-refractivity contribution in [3.05, 3.63) is 29.8 Å². The summed E-state index contributed by atoms with van der Waals surface area (Å²) in [6.07, 6.45) is -1.26. The van der Waals surface area contributed by atoms with E-state index in [1.807, 2.05) is 12.1 Å². The number of fused-ring (bicyclic) bond motifs is 1. The first-order valence-corrected chi connectivity index (χ1v) is 12.2. The number of methoxy groups -OCH3 is 1. The molecule has 176 valence electrons. The van der Waals surface area contributed by atoms with E-state index in [2.05, 4.69) is 39.7 Å². The Labute approximate surface area is 195 Å². The summed E-state index contributed by atoms with van der Waals surface area (Å²) in [5.74, 6) is 2.68. The maximum Gasteiger partial charge on any atom is 0.191 e. The molecular weight excluding hydrogens is 444 g/mol. The second-order valence-electron chi connectivity index (χ2n) is 8.63. The number of benzene rings is 1. The molecule has 2 aromatic heterocycles. The molecule has 0 saturated heterocycles. The lowest BCUT2D eigenvalue weighted by atomic mass is 10.1. The molecule has 1 aromatic carbocycles. The number of hydrogen-bond donors (Lipinski definition) is 4. The molecule has 2 heterocycles. The SMILES string of the molecule is CCCSc1nc(NC2CC2c2ccc(OC)cc2)c2nnn(C3CC(O)C(O)C3O)c2n1. The average molecular weight is 473 g/mol. The van der Waals surface area contributed by atoms with Gasteiger partial charge in [0.05, 0.1) is 19.3 Å². The van der Waals surface area contributed by atoms with E-state index in [-0.39, 0.29) is 12.5 Å². The van der Waals surface area contributed by atoms with Crippen LogP contribution < -0.4 is 10.1 Å². The number of nitrogens with one attached hydrogen (secondary N) is 1. The smallest absolute Gasteiger partial charge is 0.191 e. The normalized spacial score (nSPS) is 28.9. The topological polar surface area (TPSA) is 138 Å². The predicted octanol–water partition coefficient (Wildman–Crippen LogP) is 1.73. The summed E-state index contributed by atoms with van der Waals surface area (Å²) in [5, 5.41) is 43.1. The standard InChI is InChI=1S/C22H28N6O4S/c1-3-8-33-22-24-20(23-14-9-13(14)11-4-6-12(32-2)7-5-11)17-21(25-22)28(27-26-17)15-10-16(29)19(31)18(15)30/h4-7,13-16,18-19,29-31H,3,8-10H2,1-2H3,(H,23,24,25). The Morgan fingerprint density at radius 2 is 1.91 bits per heavy atom. The number of rotatable bonds is 8. The zero-order chi connectivity index (χ0) is 23.1. The number of hydrogen-bond acceptors (Lipinski definition) is 10. The Morgan fingerprint density at radius 1 is 1.12 bits per heavy atom. The fourth-order valence-electron chi connectivity index (χ4n) is 4.37. The van der Waals surface area contributed by atoms with Crippen LogP contribution in [0.15, 0.2) is 29.4 Å². The molecule has 10 nitrogen and oxygen atoms in total. The van der Waals surface area contributed by atoms with Gasteiger partial charge in [-0.1, -0.05) is 36.0 Å². The van der Waals surface area contributed by atoms with Gasteiger partial charge in [-0.15, -0.1) is 5.10 Å². The Kier molecular flexibility index (Phi) is 6.12. The van der Waals surface area contributed by atoms with E-state index in [1.165, 1.54) is 10.2 Å². The molecule has 0 amide bonds. The summed E-state index contributed by atoms with van der Waals surface area (Å²) in [5.41, 5.74) is 2.23. The zero-order valence-electron chi connectivity index (χ0n) is 18.5. The van der Waals surface area contributed by atoms with E-state index >= 15 is 0 Å². The summed E-state index contributed by atoms with van der Waals surface area (Å²) in [6.45, 7) is 2.10. The van der Waals surface area contributed by atoms with Gasteiger partial charge in [0, 0.05) is 24.1 Å². The predicted molar refractivity (Wildman–Crippen MR) is 124 cm³/mol. The molecule has 0 aliphatic heterocycles. The molecule has 3 aromatic rings. The summed E-state index contributed by atoms with van der Waals surface area (Å²) < 4.78 is 6.76. The lowest BCUT2D eigenvalue weighted by Gasteiger charge is -2.16. The Hall–Kier alpha value is -2.47. The van der Waals surface area contributed by atoms with Crippen LogP contribution >= 0.6 is 11.8 Å². The Balaban J connectivity index is 1.43. The van der Waals surface area contributed by atoms with Gasteiger partial charge in [-0.05, 0) is 30.5 Å². The van der Waals surface area contributed by atoms with E-state index in [4.69, 9.17) is 9.72 Å². The van der Waals surface area contributed by atoms with E-state index < -0.39 is 24.4 Å². The highest BCUT2D eigenvalue weighted by Gasteiger charge is 2.43. The first kappa shape index (κ1) is 22.3. The van der Waals surface area contributed by atoms with Crippen LogP contribution in [0.3, 0.4) is 0 Å². The zero-order valence-corrected chi connectivity index (χ0v) is 19.3. The Bertz CT molecular complexity index is 1130. The number of aliphatic hydroxyl groups is 3. The summed E-state index contributed by atoms with van der Waals surface area (Å²) in [6, 6.07) is 7.70. The molecule has 2 aliphatic carbocycles. The lowest BCUT2D eigenvalue weighted by molar-refractivity contribution is -0.0253. The highest BCUT2D eigenvalue weighted by atomic mass is 32.2. The van der Waals surface area contributed by atoms with Crippen LogP contribution in [-0.2, 0) is 0 Å². The number of thioether (sulfide) groups is 1. The van der Waals surface area contributed by atoms with Crippen LogP contribution in [0.25, 0.3) is 11.2 Å². The van der Waals surface area contributed by atoms with Crippen LogP contribution in [0, 0.1) is 0 Å². The third kappa shape index (κ3) is 4.25. The van der Waals surface area contributed by atoms with Crippen molar-refractivity contribution in [1.29, 1.82) is 0 Å². The minimum atomic E-state index is -1.22. The summed E-state index contributed by atoms with van der Waals surface area (Å²) >= 11 is 1.55. The summed E-state index contributed by atoms with van der Waals surface area (Å²) in [7, 11) is 1.66. The molecular formula is C22H28N6O4S. The molecule has 5 rings (SSSR count). The molecule has 2 fully saturated rings. The number of ether oxygens (including phenoxy) is 1. The van der Waals surface area contributed by atoms with E-state index in [0.29, 0.717) is 28.1 Å². The van der Waals surface area contributed by atoms with Gasteiger partial charge in [-0.2, -0.15) is 0 Å². The minimum Gasteiger partial charge on any atom is -0.497 e. The molecule has 0 spiro atoms. The van der Waals surface area contributed by atoms with Gasteiger partial charge in [-0.25, -0.2) is 14.6 Å². The number of aliphatic hydroxyl groups excluding tert-OH is 3. The van der Waals surface area contributed by atoms with Gasteiger partial charge < -0.3 is 25.4 Å². The molecule has 33 heavy (non-hydrogen) atoms. The number of aromatic nitrogens is 5. The first-order chi connectivity index (χ1) is 16.0. The second kappa shape index (κ2) is 9.05. The Morgan fingerprint density at radius 3 is 2.58 bits per heavy atom. The van der Waals surface area contributed by atoms with Crippen molar-refractivity contribution in [3.8, 4) is 5.75 Å². The van der Waals surface area contributed by atoms with Crippen molar-refractivity contribution < 1.29 is 20.1 Å². The van der Waals surface area contributed by atoms with Gasteiger partial charge in [0.2, 0.25) is 0 Å². The third-order valence-corrected chi connectivity index (χ3v) is 7.38. The molecule has 11 heteroatoms. The lowest BCUT2D eigenvalue weighted by Crippen LogP contribution is -2.31. The van der Waals surface area contributed by atoms with Gasteiger partial charge in [0.15, 0.2) is 22.1 Å². The van der Waals surface area contributed by atoms with Gasteiger partial charge in [0.25, 0.3) is 0 Å². The molecule has 0 radical (unpaired) electrons. The van der Waals surface area contributed by atoms with Crippen LogP contribution in [0.2, 0.25) is 0 Å². The highest BCUT2D eigenvalue weighted by Crippen LogP contribution is 2.44. The van der Waals surface area contributed by atoms with Crippen LogP contribution in [0.1, 0.15) is 43.7 Å². The summed E-state index contributed by atoms with van der Waals surface area (Å²) in [4.78, 5) is 9.35. The maximum absolute atomic E-state index is 10.4. The van der Waals surface area contributed by atoms with Crippen molar-refractivity contribution >= 4 is 28.7 Å². The largest absolute Gasteiger partial charge is 0.497 e. The average Bonchev–Trinajstić information content (AvgIpc) is 3.39. The monoisotopic (exact) mass is 472 g/mol. The van der Waals surface area contributed by atoms with Gasteiger partial charge >= 0.3 is 0 Å². The second-order valence-corrected chi connectivity index (χ2v) is 9.69. The molecule has 2 saturated carbocycles. The minimum absolute atomic E-state index is 0.174. The first-order valence-electron chi connectivity index (χ1n) is 11.2. The van der Waals surface area contributed by atoms with E-state index in [9.17, 15) is 15.3 Å². The molecule has 6 unspecified atom stereocenters. The molecule has 4 N–H and O–H groups in total. The van der Waals surface area contributed by atoms with Crippen molar-refractivity contribution in [3.63, 3.8) is 0 Å². The molecule has 2 aliphatic rings. The van der Waals surface area contributed by atoms with Crippen molar-refractivity contribution in [2.45, 2.75) is 67.7 Å². The highest BCUT2D eigenvalue weighted by molar-refractivity contribution is 7.99. The van der Waals surface area contributed by atoms with Crippen LogP contribution in [-0.4, -0.2) is 77.5 Å². The van der Waals surface area contributed by atoms with Crippen molar-refractivity contribution in [2.75, 3.05) is 18.2 Å². The van der Waals surface area contributed by atoms with Crippen LogP contribution in [0.4, 0.5) is 5.82 Å². The van der Waals surface area contributed by atoms with E-state index in [0.717, 1.165) is 24.3 Å². The third-order valence-electron chi connectivity index (χ3n) is 6.33. The van der Waals surface area contributed by atoms with Crippen molar-refractivity contribution in [1.82, 2.24) is 25.0 Å². The quantitative estimate of drug-likeness (QED) is 0.283. The molecule has 0 bridgehead atoms. The van der Waals surface area contributed by atoms with Gasteiger partial charge in [0.1, 0.15) is 18.0 Å². The van der Waals surface area contributed by atoms with Crippen molar-refractivity contribution in [2.24, 2.45) is 0 Å². The van der Waals surface area contributed by atoms with E-state index in [1.54, 1.807) is 18.9 Å². The number of nitrogens with zero attached hydrogens (tertiary/aromatic N) is 5. The van der Waals surface area contributed by atoms with Gasteiger partial charge in [-0.3, -0.25) is 0 Å². The number of anilines is 1. The molecule has 6 atom stereocenters. The fraction of sp³-hybridized carbons (Fsp3) is 0.545.